The van der Waals surface area contributed by atoms with Gasteiger partial charge in [0.2, 0.25) is 0 Å². The number of carbonyl (C=O) groups excluding carboxylic acids is 1. The standard InChI is InChI=1S/C13H17BrFNO/c1-3-5-8-16(4-2)13(17)11-7-6-10(14)9-12(11)15/h6-7,9H,3-5,8H2,1-2H3. The summed E-state index contributed by atoms with van der Waals surface area (Å²) in [6, 6.07) is 4.53. The first-order valence-corrected chi connectivity index (χ1v) is 6.63. The number of hydrogen-bond acceptors (Lipinski definition) is 1. The van der Waals surface area contributed by atoms with E-state index in [1.54, 1.807) is 11.0 Å². The van der Waals surface area contributed by atoms with Gasteiger partial charge in [-0.05, 0) is 31.5 Å². The molecular formula is C13H17BrFNO. The van der Waals surface area contributed by atoms with E-state index in [-0.39, 0.29) is 11.5 Å². The van der Waals surface area contributed by atoms with Crippen molar-refractivity contribution in [2.75, 3.05) is 13.1 Å². The number of halogens is 2. The summed E-state index contributed by atoms with van der Waals surface area (Å²) in [5, 5.41) is 0. The zero-order chi connectivity index (χ0) is 12.8. The lowest BCUT2D eigenvalue weighted by molar-refractivity contribution is 0.0757. The molecule has 0 fully saturated rings. The Hall–Kier alpha value is -0.900. The molecule has 1 amide bonds. The molecule has 0 spiro atoms. The number of benzene rings is 1. The highest BCUT2D eigenvalue weighted by atomic mass is 79.9. The lowest BCUT2D eigenvalue weighted by Crippen LogP contribution is -2.32. The van der Waals surface area contributed by atoms with Gasteiger partial charge in [0.25, 0.3) is 5.91 Å². The molecule has 1 rings (SSSR count). The van der Waals surface area contributed by atoms with Crippen LogP contribution in [-0.2, 0) is 0 Å². The molecule has 1 aromatic carbocycles. The van der Waals surface area contributed by atoms with Crippen molar-refractivity contribution in [3.8, 4) is 0 Å². The van der Waals surface area contributed by atoms with Crippen LogP contribution in [0.5, 0.6) is 0 Å². The number of nitrogens with zero attached hydrogens (tertiary/aromatic N) is 1. The van der Waals surface area contributed by atoms with Crippen LogP contribution in [-0.4, -0.2) is 23.9 Å². The Bertz CT molecular complexity index is 395. The van der Waals surface area contributed by atoms with E-state index in [4.69, 9.17) is 0 Å². The maximum Gasteiger partial charge on any atom is 0.256 e. The first-order chi connectivity index (χ1) is 8.10. The average molecular weight is 302 g/mol. The molecule has 94 valence electrons. The van der Waals surface area contributed by atoms with Crippen LogP contribution < -0.4 is 0 Å². The van der Waals surface area contributed by atoms with Gasteiger partial charge in [0.15, 0.2) is 0 Å². The Morgan fingerprint density at radius 3 is 2.65 bits per heavy atom. The van der Waals surface area contributed by atoms with E-state index in [1.807, 2.05) is 6.92 Å². The third-order valence-electron chi connectivity index (χ3n) is 2.61. The van der Waals surface area contributed by atoms with E-state index >= 15 is 0 Å². The monoisotopic (exact) mass is 301 g/mol. The van der Waals surface area contributed by atoms with Crippen LogP contribution in [0.3, 0.4) is 0 Å². The van der Waals surface area contributed by atoms with Crippen molar-refractivity contribution in [3.05, 3.63) is 34.1 Å². The number of amides is 1. The van der Waals surface area contributed by atoms with Crippen LogP contribution in [0.2, 0.25) is 0 Å². The molecule has 0 aromatic heterocycles. The molecule has 0 aliphatic rings. The summed E-state index contributed by atoms with van der Waals surface area (Å²) in [7, 11) is 0. The number of rotatable bonds is 5. The van der Waals surface area contributed by atoms with Crippen LogP contribution in [0.4, 0.5) is 4.39 Å². The Labute approximate surface area is 110 Å². The van der Waals surface area contributed by atoms with Gasteiger partial charge in [-0.15, -0.1) is 0 Å². The van der Waals surface area contributed by atoms with Crippen LogP contribution in [0.25, 0.3) is 0 Å². The molecule has 0 N–H and O–H groups in total. The quantitative estimate of drug-likeness (QED) is 0.809. The van der Waals surface area contributed by atoms with E-state index < -0.39 is 5.82 Å². The SMILES string of the molecule is CCCCN(CC)C(=O)c1ccc(Br)cc1F. The summed E-state index contributed by atoms with van der Waals surface area (Å²) in [6.07, 6.45) is 1.96. The fourth-order valence-electron chi connectivity index (χ4n) is 1.59. The van der Waals surface area contributed by atoms with Crippen molar-refractivity contribution in [1.82, 2.24) is 4.90 Å². The molecule has 0 aliphatic heterocycles. The minimum absolute atomic E-state index is 0.145. The van der Waals surface area contributed by atoms with Gasteiger partial charge < -0.3 is 4.90 Å². The second-order valence-electron chi connectivity index (χ2n) is 3.86. The van der Waals surface area contributed by atoms with Gasteiger partial charge in [0.1, 0.15) is 5.82 Å². The fraction of sp³-hybridized carbons (Fsp3) is 0.462. The third kappa shape index (κ3) is 3.80. The van der Waals surface area contributed by atoms with Crippen molar-refractivity contribution in [2.24, 2.45) is 0 Å². The first kappa shape index (κ1) is 14.2. The zero-order valence-corrected chi connectivity index (χ0v) is 11.8. The molecule has 1 aromatic rings. The predicted octanol–water partition coefficient (Wildman–Crippen LogP) is 3.85. The Kier molecular flexibility index (Phi) is 5.62. The maximum atomic E-state index is 13.6. The van der Waals surface area contributed by atoms with E-state index in [2.05, 4.69) is 22.9 Å². The molecule has 4 heteroatoms. The van der Waals surface area contributed by atoms with Crippen molar-refractivity contribution >= 4 is 21.8 Å². The molecule has 2 nitrogen and oxygen atoms in total. The lowest BCUT2D eigenvalue weighted by Gasteiger charge is -2.20. The summed E-state index contributed by atoms with van der Waals surface area (Å²) in [4.78, 5) is 13.8. The van der Waals surface area contributed by atoms with Crippen LogP contribution in [0, 0.1) is 5.82 Å². The highest BCUT2D eigenvalue weighted by Crippen LogP contribution is 2.17. The molecule has 17 heavy (non-hydrogen) atoms. The van der Waals surface area contributed by atoms with Crippen molar-refractivity contribution < 1.29 is 9.18 Å². The smallest absolute Gasteiger partial charge is 0.256 e. The zero-order valence-electron chi connectivity index (χ0n) is 10.2. The lowest BCUT2D eigenvalue weighted by atomic mass is 10.1. The van der Waals surface area contributed by atoms with Crippen molar-refractivity contribution in [1.29, 1.82) is 0 Å². The number of hydrogen-bond donors (Lipinski definition) is 0. The largest absolute Gasteiger partial charge is 0.339 e. The second kappa shape index (κ2) is 6.74. The van der Waals surface area contributed by atoms with E-state index in [1.165, 1.54) is 12.1 Å². The van der Waals surface area contributed by atoms with E-state index in [9.17, 15) is 9.18 Å². The van der Waals surface area contributed by atoms with Gasteiger partial charge in [0.05, 0.1) is 5.56 Å². The molecular weight excluding hydrogens is 285 g/mol. The molecule has 0 heterocycles. The number of carbonyl (C=O) groups is 1. The summed E-state index contributed by atoms with van der Waals surface area (Å²) in [5.41, 5.74) is 0.145. The van der Waals surface area contributed by atoms with Crippen molar-refractivity contribution in [2.45, 2.75) is 26.7 Å². The minimum Gasteiger partial charge on any atom is -0.339 e. The fourth-order valence-corrected chi connectivity index (χ4v) is 1.92. The second-order valence-corrected chi connectivity index (χ2v) is 4.78. The molecule has 0 unspecified atom stereocenters. The van der Waals surface area contributed by atoms with Gasteiger partial charge in [-0.3, -0.25) is 4.79 Å². The van der Waals surface area contributed by atoms with Gasteiger partial charge >= 0.3 is 0 Å². The van der Waals surface area contributed by atoms with Gasteiger partial charge in [-0.2, -0.15) is 0 Å². The molecule has 0 atom stereocenters. The maximum absolute atomic E-state index is 13.6. The highest BCUT2D eigenvalue weighted by Gasteiger charge is 2.17. The normalized spacial score (nSPS) is 10.4. The van der Waals surface area contributed by atoms with E-state index in [0.717, 1.165) is 12.8 Å². The van der Waals surface area contributed by atoms with Crippen LogP contribution >= 0.6 is 15.9 Å². The minimum atomic E-state index is -0.473. The topological polar surface area (TPSA) is 20.3 Å². The highest BCUT2D eigenvalue weighted by molar-refractivity contribution is 9.10. The first-order valence-electron chi connectivity index (χ1n) is 5.84. The van der Waals surface area contributed by atoms with E-state index in [0.29, 0.717) is 17.6 Å². The van der Waals surface area contributed by atoms with Crippen LogP contribution in [0.15, 0.2) is 22.7 Å². The Balaban J connectivity index is 2.86. The summed E-state index contributed by atoms with van der Waals surface area (Å²) in [5.74, 6) is -0.703. The molecule has 0 radical (unpaired) electrons. The summed E-state index contributed by atoms with van der Waals surface area (Å²) in [6.45, 7) is 5.26. The molecule has 0 saturated heterocycles. The summed E-state index contributed by atoms with van der Waals surface area (Å²) < 4.78 is 14.3. The Morgan fingerprint density at radius 2 is 2.12 bits per heavy atom. The van der Waals surface area contributed by atoms with Gasteiger partial charge in [-0.25, -0.2) is 4.39 Å². The van der Waals surface area contributed by atoms with Crippen LogP contribution in [0.1, 0.15) is 37.0 Å². The Morgan fingerprint density at radius 1 is 1.41 bits per heavy atom. The average Bonchev–Trinajstić information content (AvgIpc) is 2.29. The molecule has 0 aliphatic carbocycles. The van der Waals surface area contributed by atoms with Crippen molar-refractivity contribution in [3.63, 3.8) is 0 Å². The predicted molar refractivity (Wildman–Crippen MR) is 70.6 cm³/mol. The number of unbranched alkanes of at least 4 members (excludes halogenated alkanes) is 1. The summed E-state index contributed by atoms with van der Waals surface area (Å²) >= 11 is 3.18. The molecule has 0 saturated carbocycles. The third-order valence-corrected chi connectivity index (χ3v) is 3.11. The molecule has 0 bridgehead atoms. The van der Waals surface area contributed by atoms with Gasteiger partial charge in [0, 0.05) is 17.6 Å². The van der Waals surface area contributed by atoms with Gasteiger partial charge in [-0.1, -0.05) is 29.3 Å².